The van der Waals surface area contributed by atoms with Gasteiger partial charge >= 0.3 is 5.97 Å². The summed E-state index contributed by atoms with van der Waals surface area (Å²) >= 11 is 1.36. The van der Waals surface area contributed by atoms with E-state index in [1.807, 2.05) is 13.0 Å². The summed E-state index contributed by atoms with van der Waals surface area (Å²) in [6, 6.07) is 16.8. The third kappa shape index (κ3) is 6.57. The number of nitrogens with one attached hydrogen (secondary N) is 2. The molecule has 3 aromatic rings. The van der Waals surface area contributed by atoms with Gasteiger partial charge in [0, 0.05) is 21.8 Å². The van der Waals surface area contributed by atoms with Gasteiger partial charge < -0.3 is 25.2 Å². The second-order valence-electron chi connectivity index (χ2n) is 7.89. The molecule has 0 radical (unpaired) electrons. The van der Waals surface area contributed by atoms with Crippen LogP contribution in [0.3, 0.4) is 0 Å². The normalized spacial score (nSPS) is 11.3. The first-order chi connectivity index (χ1) is 17.2. The summed E-state index contributed by atoms with van der Waals surface area (Å²) < 4.78 is 10.5. The minimum absolute atomic E-state index is 0.106. The number of carboxylic acids is 1. The fourth-order valence-electron chi connectivity index (χ4n) is 3.42. The number of carbonyl (C=O) groups excluding carboxylic acids is 2. The van der Waals surface area contributed by atoms with Crippen LogP contribution in [0.4, 0.5) is 11.4 Å². The number of hydrogen-bond acceptors (Lipinski definition) is 6. The maximum absolute atomic E-state index is 13.0. The molecule has 1 unspecified atom stereocenters. The number of hydrogen-bond donors (Lipinski definition) is 3. The Balaban J connectivity index is 1.71. The molecule has 0 saturated heterocycles. The zero-order valence-electron chi connectivity index (χ0n) is 20.5. The van der Waals surface area contributed by atoms with E-state index in [2.05, 4.69) is 10.6 Å². The van der Waals surface area contributed by atoms with Gasteiger partial charge in [0.2, 0.25) is 5.91 Å². The van der Waals surface area contributed by atoms with Gasteiger partial charge in [0.15, 0.2) is 11.5 Å². The SMILES string of the molecule is CCC(Sc1cccc(NC(=O)c2ccc(OC)c(OC)c2)c1)C(=O)Nc1cc(C(=O)O)ccc1C. The molecule has 3 aromatic carbocycles. The van der Waals surface area contributed by atoms with E-state index < -0.39 is 11.2 Å². The Kier molecular flexibility index (Phi) is 8.97. The van der Waals surface area contributed by atoms with Crippen LogP contribution in [-0.2, 0) is 4.79 Å². The molecule has 0 fully saturated rings. The average molecular weight is 509 g/mol. The first-order valence-electron chi connectivity index (χ1n) is 11.2. The van der Waals surface area contributed by atoms with Gasteiger partial charge in [-0.05, 0) is 67.4 Å². The quantitative estimate of drug-likeness (QED) is 0.311. The van der Waals surface area contributed by atoms with E-state index in [-0.39, 0.29) is 17.4 Å². The molecular formula is C27H28N2O6S. The molecule has 0 aromatic heterocycles. The predicted molar refractivity (Wildman–Crippen MR) is 141 cm³/mol. The van der Waals surface area contributed by atoms with Crippen molar-refractivity contribution in [3.63, 3.8) is 0 Å². The van der Waals surface area contributed by atoms with Gasteiger partial charge in [-0.15, -0.1) is 11.8 Å². The number of benzene rings is 3. The summed E-state index contributed by atoms with van der Waals surface area (Å²) in [5, 5.41) is 14.5. The molecule has 3 rings (SSSR count). The molecule has 0 aliphatic carbocycles. The molecule has 0 aliphatic heterocycles. The number of amides is 2. The van der Waals surface area contributed by atoms with E-state index >= 15 is 0 Å². The fraction of sp³-hybridized carbons (Fsp3) is 0.222. The summed E-state index contributed by atoms with van der Waals surface area (Å²) in [7, 11) is 3.03. The highest BCUT2D eigenvalue weighted by Crippen LogP contribution is 2.30. The zero-order valence-corrected chi connectivity index (χ0v) is 21.3. The molecule has 0 bridgehead atoms. The molecule has 0 aliphatic rings. The van der Waals surface area contributed by atoms with Crippen molar-refractivity contribution in [3.8, 4) is 11.5 Å². The Hall–Kier alpha value is -3.98. The van der Waals surface area contributed by atoms with E-state index in [4.69, 9.17) is 9.47 Å². The highest BCUT2D eigenvalue weighted by molar-refractivity contribution is 8.00. The molecule has 2 amide bonds. The predicted octanol–water partition coefficient (Wildman–Crippen LogP) is 5.47. The van der Waals surface area contributed by atoms with Crippen LogP contribution >= 0.6 is 11.8 Å². The highest BCUT2D eigenvalue weighted by atomic mass is 32.2. The summed E-state index contributed by atoms with van der Waals surface area (Å²) in [6.07, 6.45) is 0.552. The number of aromatic carboxylic acids is 1. The van der Waals surface area contributed by atoms with Gasteiger partial charge in [-0.2, -0.15) is 0 Å². The van der Waals surface area contributed by atoms with E-state index in [1.54, 1.807) is 49.4 Å². The molecule has 0 heterocycles. The minimum Gasteiger partial charge on any atom is -0.493 e. The lowest BCUT2D eigenvalue weighted by Crippen LogP contribution is -2.25. The van der Waals surface area contributed by atoms with Crippen LogP contribution in [-0.4, -0.2) is 42.4 Å². The van der Waals surface area contributed by atoms with Crippen LogP contribution in [0.1, 0.15) is 39.6 Å². The summed E-state index contributed by atoms with van der Waals surface area (Å²) in [5.41, 5.74) is 2.34. The Morgan fingerprint density at radius 2 is 1.64 bits per heavy atom. The second kappa shape index (κ2) is 12.1. The molecule has 3 N–H and O–H groups in total. The zero-order chi connectivity index (χ0) is 26.2. The third-order valence-corrected chi connectivity index (χ3v) is 6.78. The number of methoxy groups -OCH3 is 2. The van der Waals surface area contributed by atoms with Crippen molar-refractivity contribution in [2.45, 2.75) is 30.4 Å². The van der Waals surface area contributed by atoms with Crippen LogP contribution in [0, 0.1) is 6.92 Å². The highest BCUT2D eigenvalue weighted by Gasteiger charge is 2.20. The summed E-state index contributed by atoms with van der Waals surface area (Å²) in [6.45, 7) is 3.71. The molecule has 188 valence electrons. The summed E-state index contributed by atoms with van der Waals surface area (Å²) in [5.74, 6) is -0.611. The van der Waals surface area contributed by atoms with Crippen molar-refractivity contribution in [2.24, 2.45) is 0 Å². The van der Waals surface area contributed by atoms with E-state index in [1.165, 1.54) is 38.1 Å². The van der Waals surface area contributed by atoms with Crippen LogP contribution in [0.5, 0.6) is 11.5 Å². The molecule has 36 heavy (non-hydrogen) atoms. The van der Waals surface area contributed by atoms with Crippen LogP contribution in [0.15, 0.2) is 65.6 Å². The van der Waals surface area contributed by atoms with Gasteiger partial charge in [-0.25, -0.2) is 4.79 Å². The fourth-order valence-corrected chi connectivity index (χ4v) is 4.43. The van der Waals surface area contributed by atoms with Gasteiger partial charge in [0.25, 0.3) is 5.91 Å². The number of carbonyl (C=O) groups is 3. The summed E-state index contributed by atoms with van der Waals surface area (Å²) in [4.78, 5) is 37.8. The maximum atomic E-state index is 13.0. The Bertz CT molecular complexity index is 1280. The topological polar surface area (TPSA) is 114 Å². The molecule has 9 heteroatoms. The second-order valence-corrected chi connectivity index (χ2v) is 9.17. The first kappa shape index (κ1) is 26.6. The number of carboxylic acid groups (broad SMARTS) is 1. The van der Waals surface area contributed by atoms with Gasteiger partial charge in [-0.3, -0.25) is 9.59 Å². The van der Waals surface area contributed by atoms with Crippen molar-refractivity contribution in [2.75, 3.05) is 24.9 Å². The van der Waals surface area contributed by atoms with Crippen LogP contribution in [0.2, 0.25) is 0 Å². The minimum atomic E-state index is -1.06. The Morgan fingerprint density at radius 3 is 2.31 bits per heavy atom. The molecule has 8 nitrogen and oxygen atoms in total. The molecule has 0 spiro atoms. The Labute approximate surface area is 214 Å². The molecule has 0 saturated carbocycles. The molecular weight excluding hydrogens is 480 g/mol. The lowest BCUT2D eigenvalue weighted by molar-refractivity contribution is -0.115. The van der Waals surface area contributed by atoms with Crippen molar-refractivity contribution in [1.82, 2.24) is 0 Å². The number of thioether (sulfide) groups is 1. The number of rotatable bonds is 10. The first-order valence-corrected chi connectivity index (χ1v) is 12.1. The smallest absolute Gasteiger partial charge is 0.335 e. The lowest BCUT2D eigenvalue weighted by atomic mass is 10.1. The van der Waals surface area contributed by atoms with Crippen molar-refractivity contribution in [3.05, 3.63) is 77.4 Å². The molecule has 1 atom stereocenters. The Morgan fingerprint density at radius 1 is 0.917 bits per heavy atom. The van der Waals surface area contributed by atoms with E-state index in [0.717, 1.165) is 10.5 Å². The third-order valence-electron chi connectivity index (χ3n) is 5.42. The van der Waals surface area contributed by atoms with Gasteiger partial charge in [0.05, 0.1) is 25.0 Å². The average Bonchev–Trinajstić information content (AvgIpc) is 2.88. The monoisotopic (exact) mass is 508 g/mol. The van der Waals surface area contributed by atoms with Crippen molar-refractivity contribution >= 4 is 40.9 Å². The van der Waals surface area contributed by atoms with Gasteiger partial charge in [-0.1, -0.05) is 19.1 Å². The van der Waals surface area contributed by atoms with E-state index in [9.17, 15) is 19.5 Å². The lowest BCUT2D eigenvalue weighted by Gasteiger charge is -2.17. The standard InChI is InChI=1S/C27H28N2O6S/c1-5-24(26(31)29-21-13-18(27(32)33)10-9-16(21)2)36-20-8-6-7-19(15-20)28-25(30)17-11-12-22(34-3)23(14-17)35-4/h6-15,24H,5H2,1-4H3,(H,28,30)(H,29,31)(H,32,33). The van der Waals surface area contributed by atoms with Crippen LogP contribution < -0.4 is 20.1 Å². The van der Waals surface area contributed by atoms with Crippen LogP contribution in [0.25, 0.3) is 0 Å². The number of aryl methyl sites for hydroxylation is 1. The van der Waals surface area contributed by atoms with E-state index in [0.29, 0.717) is 34.9 Å². The van der Waals surface area contributed by atoms with Crippen molar-refractivity contribution < 1.29 is 29.0 Å². The number of ether oxygens (including phenoxy) is 2. The van der Waals surface area contributed by atoms with Crippen molar-refractivity contribution in [1.29, 1.82) is 0 Å². The largest absolute Gasteiger partial charge is 0.493 e. The maximum Gasteiger partial charge on any atom is 0.335 e. The van der Waals surface area contributed by atoms with Gasteiger partial charge in [0.1, 0.15) is 0 Å². The number of anilines is 2.